The fraction of sp³-hybridized carbons (Fsp3) is 0.455. The summed E-state index contributed by atoms with van der Waals surface area (Å²) in [6.45, 7) is 4.52. The van der Waals surface area contributed by atoms with Crippen molar-refractivity contribution < 1.29 is 14.2 Å². The lowest BCUT2D eigenvalue weighted by Crippen LogP contribution is -2.26. The molecule has 3 aromatic rings. The fourth-order valence-corrected chi connectivity index (χ4v) is 4.71. The number of anilines is 1. The summed E-state index contributed by atoms with van der Waals surface area (Å²) in [6.07, 6.45) is 3.95. The molecular formula is C22H31N7O3P+. The number of nitrogens with zero attached hydrogens (tertiary/aromatic N) is 4. The van der Waals surface area contributed by atoms with Crippen LogP contribution in [0.5, 0.6) is 0 Å². The van der Waals surface area contributed by atoms with Gasteiger partial charge in [0.25, 0.3) is 0 Å². The third kappa shape index (κ3) is 5.09. The standard InChI is InChI=1S/C22H30N7O3P/c1-14(23)21(28(2)24)16-11-18-20(26-12-16)17-3-4-19(25-7-10-33(30)31)27-22(17)29(18)13-15-5-8-32-9-6-15/h3-4,11-12,15H,5-10,13,23-24H2,1-2H3,(H-,25,27,30,31)/p+1/b21-14-. The normalized spacial score (nSPS) is 16.2. The molecule has 0 aromatic carbocycles. The van der Waals surface area contributed by atoms with E-state index in [4.69, 9.17) is 31.2 Å². The van der Waals surface area contributed by atoms with Crippen molar-refractivity contribution in [3.63, 3.8) is 0 Å². The summed E-state index contributed by atoms with van der Waals surface area (Å²) in [5.74, 6) is 7.19. The van der Waals surface area contributed by atoms with Gasteiger partial charge in [0.1, 0.15) is 11.5 Å². The molecule has 1 saturated heterocycles. The van der Waals surface area contributed by atoms with Gasteiger partial charge in [-0.15, -0.1) is 0 Å². The molecule has 1 aliphatic rings. The van der Waals surface area contributed by atoms with Gasteiger partial charge in [0.2, 0.25) is 0 Å². The minimum Gasteiger partial charge on any atom is -0.401 e. The number of ether oxygens (including phenoxy) is 1. The van der Waals surface area contributed by atoms with E-state index < -0.39 is 8.03 Å². The van der Waals surface area contributed by atoms with Crippen LogP contribution in [0.1, 0.15) is 25.3 Å². The van der Waals surface area contributed by atoms with Crippen LogP contribution in [-0.2, 0) is 15.8 Å². The second-order valence-corrected chi connectivity index (χ2v) is 9.62. The van der Waals surface area contributed by atoms with E-state index >= 15 is 0 Å². The van der Waals surface area contributed by atoms with E-state index in [1.165, 1.54) is 5.01 Å². The first kappa shape index (κ1) is 23.4. The maximum atomic E-state index is 11.0. The number of nitrogens with one attached hydrogen (secondary N) is 1. The van der Waals surface area contributed by atoms with Crippen molar-refractivity contribution in [2.24, 2.45) is 17.5 Å². The van der Waals surface area contributed by atoms with Crippen LogP contribution in [-0.4, -0.2) is 57.4 Å². The first-order chi connectivity index (χ1) is 15.8. The quantitative estimate of drug-likeness (QED) is 0.221. The molecule has 0 aliphatic carbocycles. The van der Waals surface area contributed by atoms with Gasteiger partial charge in [-0.05, 0) is 48.4 Å². The van der Waals surface area contributed by atoms with Crippen molar-refractivity contribution >= 4 is 41.6 Å². The average Bonchev–Trinajstić information content (AvgIpc) is 3.06. The molecule has 4 heterocycles. The Morgan fingerprint density at radius 2 is 2.15 bits per heavy atom. The zero-order chi connectivity index (χ0) is 23.5. The molecule has 3 aromatic heterocycles. The van der Waals surface area contributed by atoms with E-state index in [1.807, 2.05) is 19.1 Å². The summed E-state index contributed by atoms with van der Waals surface area (Å²) < 4.78 is 18.8. The number of hydrogen-bond donors (Lipinski definition) is 4. The van der Waals surface area contributed by atoms with Crippen molar-refractivity contribution in [3.8, 4) is 0 Å². The van der Waals surface area contributed by atoms with Gasteiger partial charge in [0.15, 0.2) is 6.16 Å². The summed E-state index contributed by atoms with van der Waals surface area (Å²) >= 11 is 0. The van der Waals surface area contributed by atoms with Gasteiger partial charge < -0.3 is 25.4 Å². The SMILES string of the molecule is C/C(N)=C(\c1cnc2c3ccc(NCC[P+](=O)O)nc3n(CC3CCOCC3)c2c1)N(C)N. The van der Waals surface area contributed by atoms with Crippen LogP contribution >= 0.6 is 8.03 Å². The van der Waals surface area contributed by atoms with Gasteiger partial charge in [-0.2, -0.15) is 4.89 Å². The Morgan fingerprint density at radius 1 is 1.39 bits per heavy atom. The highest BCUT2D eigenvalue weighted by molar-refractivity contribution is 7.38. The molecule has 176 valence electrons. The predicted octanol–water partition coefficient (Wildman–Crippen LogP) is 2.61. The maximum Gasteiger partial charge on any atom is 0.507 e. The zero-order valence-electron chi connectivity index (χ0n) is 19.0. The molecule has 1 fully saturated rings. The topological polar surface area (TPSA) is 145 Å². The van der Waals surface area contributed by atoms with Crippen molar-refractivity contribution in [1.29, 1.82) is 0 Å². The van der Waals surface area contributed by atoms with E-state index in [0.717, 1.165) is 65.9 Å². The molecule has 1 atom stereocenters. The number of aromatic nitrogens is 3. The Hall–Kier alpha value is -2.78. The molecule has 0 bridgehead atoms. The van der Waals surface area contributed by atoms with E-state index in [9.17, 15) is 4.57 Å². The summed E-state index contributed by atoms with van der Waals surface area (Å²) in [7, 11) is -0.426. The van der Waals surface area contributed by atoms with Gasteiger partial charge in [0, 0.05) is 49.6 Å². The van der Waals surface area contributed by atoms with E-state index in [0.29, 0.717) is 24.0 Å². The molecule has 0 amide bonds. The molecule has 1 aliphatic heterocycles. The second kappa shape index (κ2) is 10.0. The van der Waals surface area contributed by atoms with Crippen molar-refractivity contribution in [1.82, 2.24) is 19.5 Å². The highest BCUT2D eigenvalue weighted by Crippen LogP contribution is 2.32. The van der Waals surface area contributed by atoms with Crippen LogP contribution in [0.3, 0.4) is 0 Å². The molecule has 33 heavy (non-hydrogen) atoms. The van der Waals surface area contributed by atoms with Gasteiger partial charge in [0.05, 0.1) is 23.3 Å². The lowest BCUT2D eigenvalue weighted by Gasteiger charge is -2.23. The molecule has 0 saturated carbocycles. The predicted molar refractivity (Wildman–Crippen MR) is 130 cm³/mol. The fourth-order valence-electron chi connectivity index (χ4n) is 4.41. The van der Waals surface area contributed by atoms with Gasteiger partial charge in [-0.3, -0.25) is 4.98 Å². The smallest absolute Gasteiger partial charge is 0.401 e. The van der Waals surface area contributed by atoms with Crippen LogP contribution in [0, 0.1) is 5.92 Å². The van der Waals surface area contributed by atoms with Crippen molar-refractivity contribution in [3.05, 3.63) is 35.7 Å². The summed E-state index contributed by atoms with van der Waals surface area (Å²) in [5.41, 5.74) is 11.0. The number of hydrogen-bond acceptors (Lipinski definition) is 8. The van der Waals surface area contributed by atoms with Crippen LogP contribution in [0.4, 0.5) is 5.82 Å². The minimum absolute atomic E-state index is 0.172. The van der Waals surface area contributed by atoms with Crippen LogP contribution in [0.25, 0.3) is 27.8 Å². The molecule has 11 heteroatoms. The molecule has 10 nitrogen and oxygen atoms in total. The van der Waals surface area contributed by atoms with Crippen LogP contribution in [0.15, 0.2) is 30.1 Å². The summed E-state index contributed by atoms with van der Waals surface area (Å²) in [4.78, 5) is 18.7. The average molecular weight is 473 g/mol. The van der Waals surface area contributed by atoms with Gasteiger partial charge in [-0.1, -0.05) is 0 Å². The molecule has 0 radical (unpaired) electrons. The Labute approximate surface area is 193 Å². The minimum atomic E-state index is -2.18. The molecule has 6 N–H and O–H groups in total. The number of pyridine rings is 2. The highest BCUT2D eigenvalue weighted by atomic mass is 31.1. The lowest BCUT2D eigenvalue weighted by atomic mass is 10.0. The second-order valence-electron chi connectivity index (χ2n) is 8.47. The van der Waals surface area contributed by atoms with Crippen LogP contribution < -0.4 is 16.9 Å². The van der Waals surface area contributed by atoms with Crippen molar-refractivity contribution in [2.75, 3.05) is 38.3 Å². The number of hydrazine groups is 1. The molecule has 4 rings (SSSR count). The van der Waals surface area contributed by atoms with E-state index in [2.05, 4.69) is 16.0 Å². The maximum absolute atomic E-state index is 11.0. The van der Waals surface area contributed by atoms with Crippen molar-refractivity contribution in [2.45, 2.75) is 26.3 Å². The number of rotatable bonds is 8. The zero-order valence-corrected chi connectivity index (χ0v) is 19.9. The van der Waals surface area contributed by atoms with Gasteiger partial charge >= 0.3 is 8.03 Å². The molecular weight excluding hydrogens is 441 g/mol. The Kier molecular flexibility index (Phi) is 7.09. The molecule has 0 spiro atoms. The van der Waals surface area contributed by atoms with E-state index in [-0.39, 0.29) is 6.16 Å². The van der Waals surface area contributed by atoms with E-state index in [1.54, 1.807) is 13.2 Å². The van der Waals surface area contributed by atoms with Gasteiger partial charge in [-0.25, -0.2) is 10.8 Å². The highest BCUT2D eigenvalue weighted by Gasteiger charge is 2.21. The Bertz CT molecular complexity index is 1200. The summed E-state index contributed by atoms with van der Waals surface area (Å²) in [5, 5.41) is 5.61. The third-order valence-corrected chi connectivity index (χ3v) is 6.54. The number of nitrogens with two attached hydrogens (primary N) is 2. The molecule has 1 unspecified atom stereocenters. The monoisotopic (exact) mass is 472 g/mol. The largest absolute Gasteiger partial charge is 0.507 e. The first-order valence-corrected chi connectivity index (χ1v) is 12.4. The lowest BCUT2D eigenvalue weighted by molar-refractivity contribution is 0.0619. The first-order valence-electron chi connectivity index (χ1n) is 11.0. The third-order valence-electron chi connectivity index (χ3n) is 5.93. The Morgan fingerprint density at radius 3 is 2.82 bits per heavy atom. The number of fused-ring (bicyclic) bond motifs is 3. The summed E-state index contributed by atoms with van der Waals surface area (Å²) in [6, 6.07) is 5.95. The van der Waals surface area contributed by atoms with Crippen LogP contribution in [0.2, 0.25) is 0 Å². The Balaban J connectivity index is 1.83. The number of allylic oxidation sites excluding steroid dienone is 1.